The highest BCUT2D eigenvalue weighted by molar-refractivity contribution is 6.30. The first-order valence-corrected chi connectivity index (χ1v) is 6.62. The van der Waals surface area contributed by atoms with Gasteiger partial charge in [-0.1, -0.05) is 29.8 Å². The average Bonchev–Trinajstić information content (AvgIpc) is 3.03. The van der Waals surface area contributed by atoms with Gasteiger partial charge in [-0.15, -0.1) is 5.10 Å². The molecule has 0 aliphatic carbocycles. The van der Waals surface area contributed by atoms with Crippen LogP contribution in [0.15, 0.2) is 48.8 Å². The molecule has 0 saturated carbocycles. The van der Waals surface area contributed by atoms with Crippen LogP contribution in [0.3, 0.4) is 0 Å². The van der Waals surface area contributed by atoms with Crippen molar-refractivity contribution < 1.29 is 4.39 Å². The van der Waals surface area contributed by atoms with Crippen molar-refractivity contribution in [2.24, 2.45) is 0 Å². The minimum atomic E-state index is -0.426. The molecule has 0 amide bonds. The van der Waals surface area contributed by atoms with Crippen LogP contribution in [-0.4, -0.2) is 20.2 Å². The quantitative estimate of drug-likeness (QED) is 0.805. The van der Waals surface area contributed by atoms with Crippen molar-refractivity contribution in [1.82, 2.24) is 20.2 Å². The number of nitrogens with one attached hydrogen (secondary N) is 1. The minimum Gasteiger partial charge on any atom is -0.379 e. The van der Waals surface area contributed by atoms with Gasteiger partial charge in [0.05, 0.1) is 16.4 Å². The number of rotatable bonds is 4. The molecule has 5 nitrogen and oxygen atoms in total. The maximum Gasteiger partial charge on any atom is 0.143 e. The summed E-state index contributed by atoms with van der Waals surface area (Å²) in [5, 5.41) is 14.5. The van der Waals surface area contributed by atoms with Gasteiger partial charge in [0.15, 0.2) is 0 Å². The number of hydrogen-bond donors (Lipinski definition) is 1. The Morgan fingerprint density at radius 2 is 2.05 bits per heavy atom. The lowest BCUT2D eigenvalue weighted by molar-refractivity contribution is 0.626. The molecule has 0 fully saturated rings. The summed E-state index contributed by atoms with van der Waals surface area (Å²) in [4.78, 5) is 0. The lowest BCUT2D eigenvalue weighted by atomic mass is 10.2. The van der Waals surface area contributed by atoms with Gasteiger partial charge in [-0.3, -0.25) is 0 Å². The van der Waals surface area contributed by atoms with E-state index in [1.165, 1.54) is 12.4 Å². The van der Waals surface area contributed by atoms with Crippen molar-refractivity contribution in [2.75, 3.05) is 5.32 Å². The Morgan fingerprint density at radius 1 is 1.19 bits per heavy atom. The molecule has 2 aromatic carbocycles. The van der Waals surface area contributed by atoms with Crippen LogP contribution in [0, 0.1) is 5.82 Å². The van der Waals surface area contributed by atoms with E-state index >= 15 is 0 Å². The van der Waals surface area contributed by atoms with Crippen molar-refractivity contribution in [3.63, 3.8) is 0 Å². The second-order valence-electron chi connectivity index (χ2n) is 4.37. The van der Waals surface area contributed by atoms with E-state index in [9.17, 15) is 4.39 Å². The Balaban J connectivity index is 1.81. The van der Waals surface area contributed by atoms with Crippen LogP contribution >= 0.6 is 11.6 Å². The third-order valence-electron chi connectivity index (χ3n) is 2.97. The molecule has 0 bridgehead atoms. The number of benzene rings is 2. The van der Waals surface area contributed by atoms with Crippen molar-refractivity contribution in [1.29, 1.82) is 0 Å². The summed E-state index contributed by atoms with van der Waals surface area (Å²) in [6.07, 6.45) is 1.52. The van der Waals surface area contributed by atoms with Crippen molar-refractivity contribution in [2.45, 2.75) is 6.54 Å². The molecule has 0 spiro atoms. The van der Waals surface area contributed by atoms with Gasteiger partial charge in [-0.25, -0.2) is 4.39 Å². The average molecular weight is 304 g/mol. The Kier molecular flexibility index (Phi) is 3.79. The zero-order valence-electron chi connectivity index (χ0n) is 10.9. The monoisotopic (exact) mass is 303 g/mol. The van der Waals surface area contributed by atoms with E-state index in [2.05, 4.69) is 20.8 Å². The molecule has 1 N–H and O–H groups in total. The molecule has 0 atom stereocenters. The van der Waals surface area contributed by atoms with Gasteiger partial charge in [0, 0.05) is 6.54 Å². The molecule has 1 aromatic heterocycles. The predicted molar refractivity (Wildman–Crippen MR) is 77.9 cm³/mol. The molecule has 106 valence electrons. The standard InChI is InChI=1S/C14H11ClFN5/c15-11-6-5-10(7-12(11)16)8-17-13-3-1-2-4-14(13)21-9-18-19-20-21/h1-7,9,17H,8H2. The van der Waals surface area contributed by atoms with E-state index in [1.54, 1.807) is 16.8 Å². The summed E-state index contributed by atoms with van der Waals surface area (Å²) >= 11 is 5.67. The molecule has 0 unspecified atom stereocenters. The summed E-state index contributed by atoms with van der Waals surface area (Å²) in [5.41, 5.74) is 2.46. The highest BCUT2D eigenvalue weighted by atomic mass is 35.5. The molecular formula is C14H11ClFN5. The summed E-state index contributed by atoms with van der Waals surface area (Å²) in [6, 6.07) is 12.3. The smallest absolute Gasteiger partial charge is 0.143 e. The van der Waals surface area contributed by atoms with E-state index in [-0.39, 0.29) is 5.02 Å². The largest absolute Gasteiger partial charge is 0.379 e. The summed E-state index contributed by atoms with van der Waals surface area (Å²) in [6.45, 7) is 0.466. The second kappa shape index (κ2) is 5.88. The third kappa shape index (κ3) is 3.00. The Hall–Kier alpha value is -2.47. The minimum absolute atomic E-state index is 0.118. The molecule has 3 rings (SSSR count). The lowest BCUT2D eigenvalue weighted by Crippen LogP contribution is -2.05. The SMILES string of the molecule is Fc1cc(CNc2ccccc2-n2cnnn2)ccc1Cl. The Morgan fingerprint density at radius 3 is 2.81 bits per heavy atom. The van der Waals surface area contributed by atoms with Crippen LogP contribution in [0.2, 0.25) is 5.02 Å². The number of anilines is 1. The molecule has 3 aromatic rings. The van der Waals surface area contributed by atoms with E-state index in [1.807, 2.05) is 24.3 Å². The first-order valence-electron chi connectivity index (χ1n) is 6.24. The fourth-order valence-corrected chi connectivity index (χ4v) is 2.06. The van der Waals surface area contributed by atoms with E-state index < -0.39 is 5.82 Å². The molecule has 7 heteroatoms. The fourth-order valence-electron chi connectivity index (χ4n) is 1.94. The Labute approximate surface area is 125 Å². The normalized spacial score (nSPS) is 10.6. The maximum atomic E-state index is 13.4. The first-order chi connectivity index (χ1) is 10.2. The van der Waals surface area contributed by atoms with Crippen LogP contribution in [0.25, 0.3) is 5.69 Å². The zero-order chi connectivity index (χ0) is 14.7. The van der Waals surface area contributed by atoms with Gasteiger partial charge >= 0.3 is 0 Å². The van der Waals surface area contributed by atoms with Gasteiger partial charge in [0.2, 0.25) is 0 Å². The van der Waals surface area contributed by atoms with E-state index in [0.717, 1.165) is 16.9 Å². The van der Waals surface area contributed by atoms with Gasteiger partial charge in [0.25, 0.3) is 0 Å². The molecule has 0 aliphatic rings. The van der Waals surface area contributed by atoms with Crippen molar-refractivity contribution in [3.05, 3.63) is 65.2 Å². The topological polar surface area (TPSA) is 55.6 Å². The number of tetrazole rings is 1. The molecule has 1 heterocycles. The molecular weight excluding hydrogens is 293 g/mol. The van der Waals surface area contributed by atoms with Crippen molar-refractivity contribution in [3.8, 4) is 5.69 Å². The predicted octanol–water partition coefficient (Wildman–Crippen LogP) is 3.07. The van der Waals surface area contributed by atoms with Gasteiger partial charge in [0.1, 0.15) is 12.1 Å². The van der Waals surface area contributed by atoms with Gasteiger partial charge in [-0.05, 0) is 40.3 Å². The number of hydrogen-bond acceptors (Lipinski definition) is 4. The van der Waals surface area contributed by atoms with Gasteiger partial charge < -0.3 is 5.32 Å². The number of para-hydroxylation sites is 2. The van der Waals surface area contributed by atoms with Crippen LogP contribution in [0.1, 0.15) is 5.56 Å². The van der Waals surface area contributed by atoms with E-state index in [0.29, 0.717) is 6.54 Å². The number of nitrogens with zero attached hydrogens (tertiary/aromatic N) is 4. The maximum absolute atomic E-state index is 13.4. The van der Waals surface area contributed by atoms with Crippen molar-refractivity contribution >= 4 is 17.3 Å². The molecule has 21 heavy (non-hydrogen) atoms. The van der Waals surface area contributed by atoms with Crippen LogP contribution < -0.4 is 5.32 Å². The second-order valence-corrected chi connectivity index (χ2v) is 4.78. The number of halogens is 2. The number of aromatic nitrogens is 4. The van der Waals surface area contributed by atoms with Gasteiger partial charge in [-0.2, -0.15) is 4.68 Å². The summed E-state index contributed by atoms with van der Waals surface area (Å²) < 4.78 is 15.0. The summed E-state index contributed by atoms with van der Waals surface area (Å²) in [5.74, 6) is -0.426. The van der Waals surface area contributed by atoms with Crippen LogP contribution in [0.4, 0.5) is 10.1 Å². The lowest BCUT2D eigenvalue weighted by Gasteiger charge is -2.11. The summed E-state index contributed by atoms with van der Waals surface area (Å²) in [7, 11) is 0. The zero-order valence-corrected chi connectivity index (χ0v) is 11.6. The third-order valence-corrected chi connectivity index (χ3v) is 3.27. The molecule has 0 radical (unpaired) electrons. The van der Waals surface area contributed by atoms with Crippen LogP contribution in [-0.2, 0) is 6.54 Å². The highest BCUT2D eigenvalue weighted by Gasteiger charge is 2.06. The van der Waals surface area contributed by atoms with E-state index in [4.69, 9.17) is 11.6 Å². The Bertz CT molecular complexity index is 745. The highest BCUT2D eigenvalue weighted by Crippen LogP contribution is 2.20. The first kappa shape index (κ1) is 13.5. The molecule has 0 saturated heterocycles. The molecule has 0 aliphatic heterocycles. The fraction of sp³-hybridized carbons (Fsp3) is 0.0714. The van der Waals surface area contributed by atoms with Crippen LogP contribution in [0.5, 0.6) is 0 Å².